The second kappa shape index (κ2) is 38.8. The number of ether oxygens (including phenoxy) is 4. The highest BCUT2D eigenvalue weighted by Crippen LogP contribution is 2.42. The summed E-state index contributed by atoms with van der Waals surface area (Å²) < 4.78 is 141. The Kier molecular flexibility index (Phi) is 29.5. The van der Waals surface area contributed by atoms with Gasteiger partial charge in [0.25, 0.3) is 17.7 Å². The first kappa shape index (κ1) is 94.5. The monoisotopic (exact) mass is 1780 g/mol. The van der Waals surface area contributed by atoms with Crippen LogP contribution < -0.4 is 32.0 Å². The molecule has 22 nitrogen and oxygen atoms in total. The number of pyridine rings is 3. The summed E-state index contributed by atoms with van der Waals surface area (Å²) in [4.78, 5) is 83.8. The molecule has 32 heteroatoms. The quantitative estimate of drug-likeness (QED) is 0.0529. The molecule has 3 saturated heterocycles. The van der Waals surface area contributed by atoms with Crippen molar-refractivity contribution in [2.45, 2.75) is 116 Å². The Morgan fingerprint density at radius 1 is 0.435 bits per heavy atom. The number of halogens is 10. The lowest BCUT2D eigenvalue weighted by Crippen LogP contribution is -2.48. The van der Waals surface area contributed by atoms with Crippen LogP contribution in [-0.4, -0.2) is 125 Å². The number of nitrogens with one attached hydrogen (secondary N) is 1. The molecule has 3 aliphatic heterocycles. The minimum atomic E-state index is -4.54. The summed E-state index contributed by atoms with van der Waals surface area (Å²) in [5.41, 5.74) is 23.5. The lowest BCUT2D eigenvalue weighted by Gasteiger charge is -2.38. The second-order valence-electron chi connectivity index (χ2n) is 31.1. The van der Waals surface area contributed by atoms with Crippen LogP contribution in [0.1, 0.15) is 149 Å². The molecule has 5 amide bonds. The molecule has 6 aromatic carbocycles. The van der Waals surface area contributed by atoms with Gasteiger partial charge in [0.15, 0.2) is 34.7 Å². The lowest BCUT2D eigenvalue weighted by molar-refractivity contribution is -0.139. The third kappa shape index (κ3) is 24.3. The van der Waals surface area contributed by atoms with Gasteiger partial charge >= 0.3 is 30.7 Å². The number of carbonyl (C=O) groups excluding carboxylic acids is 5. The number of nitrogens with zero attached hydrogens (tertiary/aromatic N) is 8. The molecule has 0 saturated carbocycles. The molecule has 0 spiro atoms. The molecule has 3 atom stereocenters. The van der Waals surface area contributed by atoms with E-state index in [4.69, 9.17) is 36.1 Å². The smallest absolute Gasteiger partial charge is 0.419 e. The topological polar surface area (TPSA) is 287 Å². The van der Waals surface area contributed by atoms with Gasteiger partial charge in [-0.15, -0.1) is 0 Å². The molecular formula is C92H94BrF9N12O10. The number of amides is 5. The molecule has 3 aromatic heterocycles. The zero-order chi connectivity index (χ0) is 91.6. The van der Waals surface area contributed by atoms with E-state index in [0.29, 0.717) is 91.8 Å². The average molecular weight is 1780 g/mol. The summed E-state index contributed by atoms with van der Waals surface area (Å²) in [5, 5.41) is 12.8. The lowest BCUT2D eigenvalue weighted by atomic mass is 9.99. The Labute approximate surface area is 720 Å². The minimum Gasteiger partial charge on any atom is -0.504 e. The van der Waals surface area contributed by atoms with Gasteiger partial charge in [-0.25, -0.2) is 24.5 Å². The number of piperazine rings is 3. The summed E-state index contributed by atoms with van der Waals surface area (Å²) in [6.07, 6.45) is -11.7. The van der Waals surface area contributed by atoms with Gasteiger partial charge in [0.2, 0.25) is 0 Å². The number of aryl methyl sites for hydroxylation is 1. The fourth-order valence-electron chi connectivity index (χ4n) is 13.2. The number of nitrogens with two attached hydrogens (primary N) is 3. The van der Waals surface area contributed by atoms with E-state index in [1.807, 2.05) is 0 Å². The van der Waals surface area contributed by atoms with Gasteiger partial charge in [-0.3, -0.25) is 24.2 Å². The van der Waals surface area contributed by atoms with Crippen molar-refractivity contribution in [3.63, 3.8) is 0 Å². The molecule has 9 aromatic rings. The Morgan fingerprint density at radius 2 is 0.758 bits per heavy atom. The van der Waals surface area contributed by atoms with Crippen molar-refractivity contribution in [1.29, 1.82) is 0 Å². The van der Waals surface area contributed by atoms with E-state index in [1.54, 1.807) is 161 Å². The summed E-state index contributed by atoms with van der Waals surface area (Å²) in [5.74, 6) is -0.297. The molecular weight excluding hydrogens is 1680 g/mol. The number of anilines is 3. The fourth-order valence-corrected chi connectivity index (χ4v) is 13.6. The maximum Gasteiger partial charge on any atom is 0.419 e. The van der Waals surface area contributed by atoms with E-state index >= 15 is 0 Å². The number of nitrogen functional groups attached to an aromatic ring is 3. The number of aromatic nitrogens is 3. The predicted molar refractivity (Wildman–Crippen MR) is 460 cm³/mol. The van der Waals surface area contributed by atoms with E-state index < -0.39 is 70.8 Å². The Balaban J connectivity index is 0.000000198. The molecule has 3 unspecified atom stereocenters. The molecule has 0 radical (unpaired) electrons. The fraction of sp³-hybridized carbons (Fsp3) is 0.261. The summed E-state index contributed by atoms with van der Waals surface area (Å²) in [6.45, 7) is 41.9. The van der Waals surface area contributed by atoms with Crippen LogP contribution in [0.15, 0.2) is 250 Å². The minimum absolute atomic E-state index is 0.00376. The molecule has 8 N–H and O–H groups in total. The van der Waals surface area contributed by atoms with E-state index in [1.165, 1.54) is 90.6 Å². The van der Waals surface area contributed by atoms with Gasteiger partial charge in [0, 0.05) is 102 Å². The van der Waals surface area contributed by atoms with Gasteiger partial charge in [-0.2, -0.15) is 39.5 Å². The van der Waals surface area contributed by atoms with Crippen LogP contribution in [0.2, 0.25) is 0 Å². The van der Waals surface area contributed by atoms with Crippen molar-refractivity contribution in [2.24, 2.45) is 0 Å². The van der Waals surface area contributed by atoms with Gasteiger partial charge in [0.05, 0.1) is 56.0 Å². The normalized spacial score (nSPS) is 14.7. The number of rotatable bonds is 13. The first-order valence-corrected chi connectivity index (χ1v) is 39.3. The van der Waals surface area contributed by atoms with Gasteiger partial charge in [0.1, 0.15) is 23.4 Å². The maximum atomic E-state index is 13.6. The standard InChI is InChI=1S/C33H35F3N4O4.C27H25F3N4O2.C23H26N4O4.C9H8BrF3/c1-19-14-23(12-13-25(19)30(41)39-17-20(2)40(21(3)18-39)31(42)44-32(5,6)7)24-15-28(29(37)38-16-24)43-22(4)26-10-8-9-11-27(26)33(34,35)36;1-16-14-34(15-17(2)33-16)26(35)20-10-8-19(9-11-20)21-12-24(25(31)32-13-21)36-18(3)22-6-4-5-7-23(22)27(28,29)30;1-14-12-26(13-15(2)27(14)22(30)31-23(3,4)5)21(29)17-8-6-16(7-9-17)18-10-19(28)20(24)25-11-18;1-6(10)7-4-2-3-5-8(7)9(11,12)13/h8-16,22H,2-3,17-18H2,1,4-7H3,(H2,37,38);4-13,18,33H,1-2,14-15H2,3H3,(H2,31,32);6-11,28H,1-2,12-13H2,3-5H3,(H2,24,25);2-6H,1H3. The largest absolute Gasteiger partial charge is 0.504 e. The molecule has 6 heterocycles. The van der Waals surface area contributed by atoms with Crippen molar-refractivity contribution in [3.05, 3.63) is 306 Å². The zero-order valence-electron chi connectivity index (χ0n) is 69.7. The average Bonchev–Trinajstić information content (AvgIpc) is 0.798. The number of benzene rings is 6. The van der Waals surface area contributed by atoms with Crippen LogP contribution >= 0.6 is 15.9 Å². The number of carbonyl (C=O) groups is 5. The summed E-state index contributed by atoms with van der Waals surface area (Å²) >= 11 is 3.13. The molecule has 3 fully saturated rings. The highest BCUT2D eigenvalue weighted by molar-refractivity contribution is 9.09. The van der Waals surface area contributed by atoms with E-state index in [2.05, 4.69) is 75.7 Å². The van der Waals surface area contributed by atoms with Gasteiger partial charge < -0.3 is 61.3 Å². The maximum absolute atomic E-state index is 13.6. The Hall–Kier alpha value is -13.4. The molecule has 12 rings (SSSR count). The second-order valence-corrected chi connectivity index (χ2v) is 32.5. The van der Waals surface area contributed by atoms with Crippen LogP contribution in [0.5, 0.6) is 17.2 Å². The van der Waals surface area contributed by atoms with Crippen LogP contribution in [0.25, 0.3) is 33.4 Å². The summed E-state index contributed by atoms with van der Waals surface area (Å²) in [7, 11) is 0. The third-order valence-corrected chi connectivity index (χ3v) is 19.5. The summed E-state index contributed by atoms with van der Waals surface area (Å²) in [6, 6.07) is 39.8. The van der Waals surface area contributed by atoms with E-state index in [-0.39, 0.29) is 100 Å². The number of aromatic hydroxyl groups is 1. The molecule has 0 aliphatic carbocycles. The first-order chi connectivity index (χ1) is 57.9. The van der Waals surface area contributed by atoms with Crippen molar-refractivity contribution in [1.82, 2.24) is 44.8 Å². The van der Waals surface area contributed by atoms with Crippen molar-refractivity contribution in [2.75, 3.05) is 56.5 Å². The predicted octanol–water partition coefficient (Wildman–Crippen LogP) is 21.0. The van der Waals surface area contributed by atoms with Crippen LogP contribution in [-0.2, 0) is 28.0 Å². The van der Waals surface area contributed by atoms with Gasteiger partial charge in [-0.1, -0.05) is 146 Å². The Bertz CT molecular complexity index is 5520. The van der Waals surface area contributed by atoms with Crippen molar-refractivity contribution in [3.8, 4) is 50.6 Å². The first-order valence-electron chi connectivity index (χ1n) is 38.4. The highest BCUT2D eigenvalue weighted by Gasteiger charge is 2.40. The molecule has 0 bridgehead atoms. The van der Waals surface area contributed by atoms with Crippen LogP contribution in [0.3, 0.4) is 0 Å². The van der Waals surface area contributed by atoms with E-state index in [9.17, 15) is 68.6 Å². The SMILES string of the molecule is C=C1CN(C(=O)c2ccc(-c3cnc(N)c(O)c3)cc2)CC(=C)N1C(=O)OC(C)(C)C.C=C1CN(C(=O)c2ccc(-c3cnc(N)c(OC(C)c4ccccc4C(F)(F)F)c3)cc2)CC(=C)N1.C=C1CN(C(=O)c2ccc(-c3cnc(N)c(OC(C)c4ccccc4C(F)(F)F)c3)cc2C)CC(=C)N1C(=O)OC(C)(C)C.CC(Br)c1ccccc1C(F)(F)F. The highest BCUT2D eigenvalue weighted by atomic mass is 79.9. The van der Waals surface area contributed by atoms with Gasteiger partial charge in [-0.05, 0) is 164 Å². The van der Waals surface area contributed by atoms with Crippen LogP contribution in [0, 0.1) is 6.92 Å². The Morgan fingerprint density at radius 3 is 1.10 bits per heavy atom. The molecule has 652 valence electrons. The van der Waals surface area contributed by atoms with Crippen molar-refractivity contribution < 1.29 is 87.5 Å². The number of hydrogen-bond donors (Lipinski definition) is 5. The third-order valence-electron chi connectivity index (χ3n) is 19.0. The molecule has 124 heavy (non-hydrogen) atoms. The van der Waals surface area contributed by atoms with Crippen LogP contribution in [0.4, 0.5) is 66.6 Å². The number of hydrogen-bond acceptors (Lipinski definition) is 17. The number of alkyl halides is 10. The zero-order valence-corrected chi connectivity index (χ0v) is 71.3. The molecule has 3 aliphatic rings. The van der Waals surface area contributed by atoms with E-state index in [0.717, 1.165) is 29.3 Å². The van der Waals surface area contributed by atoms with Crippen molar-refractivity contribution >= 4 is 63.3 Å².